The quantitative estimate of drug-likeness (QED) is 0.190. The molecule has 3 aliphatic rings. The Labute approximate surface area is 308 Å². The molecule has 0 spiro atoms. The van der Waals surface area contributed by atoms with Crippen LogP contribution in [0.3, 0.4) is 0 Å². The Morgan fingerprint density at radius 1 is 0.830 bits per heavy atom. The fraction of sp³-hybridized carbons (Fsp3) is 0.605. The zero-order chi connectivity index (χ0) is 38.1. The first-order valence-electron chi connectivity index (χ1n) is 18.7. The fourth-order valence-corrected chi connectivity index (χ4v) is 9.74. The molecule has 1 aromatic heterocycles. The van der Waals surface area contributed by atoms with Crippen LogP contribution in [0.25, 0.3) is 10.9 Å². The molecule has 3 fully saturated rings. The number of ether oxygens (including phenoxy) is 2. The second kappa shape index (κ2) is 16.2. The number of benzene rings is 2. The monoisotopic (exact) mass is 767 g/mol. The molecule has 1 unspecified atom stereocenters. The largest absolute Gasteiger partial charge is 0.573 e. The highest BCUT2D eigenvalue weighted by Crippen LogP contribution is 2.41. The average molecular weight is 768 g/mol. The van der Waals surface area contributed by atoms with E-state index in [9.17, 15) is 21.6 Å². The summed E-state index contributed by atoms with van der Waals surface area (Å²) in [5, 5.41) is 0.0948. The van der Waals surface area contributed by atoms with E-state index in [-0.39, 0.29) is 28.6 Å². The molecule has 4 heterocycles. The van der Waals surface area contributed by atoms with Crippen molar-refractivity contribution in [3.05, 3.63) is 48.2 Å². The lowest BCUT2D eigenvalue weighted by atomic mass is 9.99. The summed E-state index contributed by atoms with van der Waals surface area (Å²) in [4.78, 5) is 12.3. The van der Waals surface area contributed by atoms with Gasteiger partial charge in [0.15, 0.2) is 11.6 Å². The van der Waals surface area contributed by atoms with E-state index >= 15 is 8.78 Å². The molecule has 3 saturated heterocycles. The average Bonchev–Trinajstić information content (AvgIpc) is 3.12. The van der Waals surface area contributed by atoms with E-state index in [1.54, 1.807) is 6.92 Å². The summed E-state index contributed by atoms with van der Waals surface area (Å²) in [5.74, 6) is -3.78. The van der Waals surface area contributed by atoms with Gasteiger partial charge in [-0.3, -0.25) is 14.8 Å². The van der Waals surface area contributed by atoms with E-state index in [1.165, 1.54) is 18.9 Å². The number of hydrogen-bond acceptors (Lipinski definition) is 9. The number of piperidine rings is 2. The molecule has 15 heteroatoms. The van der Waals surface area contributed by atoms with Gasteiger partial charge >= 0.3 is 6.36 Å². The summed E-state index contributed by atoms with van der Waals surface area (Å²) < 4.78 is 109. The minimum atomic E-state index is -4.99. The van der Waals surface area contributed by atoms with Crippen LogP contribution in [-0.2, 0) is 9.84 Å². The SMILES string of the molecule is CCN1CCC(N2CCN(C3CCN(c4c(S(=O)(=O)c5ccc(OC(C)CC(C)C)c(F)c5F)cnc5ccc(OC(F)(F)F)cc45)CC3)CC2)CC1. The first-order valence-corrected chi connectivity index (χ1v) is 20.2. The van der Waals surface area contributed by atoms with E-state index in [0.717, 1.165) is 76.3 Å². The molecule has 53 heavy (non-hydrogen) atoms. The Kier molecular flexibility index (Phi) is 12.1. The van der Waals surface area contributed by atoms with Gasteiger partial charge in [0.2, 0.25) is 15.7 Å². The molecule has 0 saturated carbocycles. The minimum absolute atomic E-state index is 0.0787. The van der Waals surface area contributed by atoms with Crippen LogP contribution >= 0.6 is 0 Å². The van der Waals surface area contributed by atoms with Crippen molar-refractivity contribution in [2.24, 2.45) is 5.92 Å². The second-order valence-corrected chi connectivity index (χ2v) is 16.8. The number of rotatable bonds is 11. The van der Waals surface area contributed by atoms with Crippen LogP contribution in [0.2, 0.25) is 0 Å². The van der Waals surface area contributed by atoms with Crippen LogP contribution in [0.4, 0.5) is 27.6 Å². The van der Waals surface area contributed by atoms with Crippen LogP contribution in [-0.4, -0.2) is 112 Å². The first-order chi connectivity index (χ1) is 25.1. The number of anilines is 1. The van der Waals surface area contributed by atoms with Crippen molar-refractivity contribution in [3.63, 3.8) is 0 Å². The molecule has 9 nitrogen and oxygen atoms in total. The number of likely N-dealkylation sites (tertiary alicyclic amines) is 1. The van der Waals surface area contributed by atoms with Crippen molar-refractivity contribution in [2.45, 2.75) is 94.1 Å². The first kappa shape index (κ1) is 39.4. The highest BCUT2D eigenvalue weighted by Gasteiger charge is 2.36. The molecule has 0 N–H and O–H groups in total. The van der Waals surface area contributed by atoms with Gasteiger partial charge in [-0.25, -0.2) is 12.8 Å². The van der Waals surface area contributed by atoms with Gasteiger partial charge in [0.05, 0.1) is 17.3 Å². The summed E-state index contributed by atoms with van der Waals surface area (Å²) in [6.07, 6.45) is -0.0821. The lowest BCUT2D eigenvalue weighted by Crippen LogP contribution is -2.56. The number of alkyl halides is 3. The van der Waals surface area contributed by atoms with Crippen LogP contribution in [0.15, 0.2) is 46.3 Å². The summed E-state index contributed by atoms with van der Waals surface area (Å²) in [5.41, 5.74) is 0.307. The third-order valence-electron chi connectivity index (χ3n) is 10.9. The van der Waals surface area contributed by atoms with Gasteiger partial charge in [-0.05, 0) is 94.9 Å². The summed E-state index contributed by atoms with van der Waals surface area (Å²) in [6.45, 7) is 15.8. The fourth-order valence-electron chi connectivity index (χ4n) is 8.24. The molecular weight excluding hydrogens is 718 g/mol. The van der Waals surface area contributed by atoms with Crippen LogP contribution < -0.4 is 14.4 Å². The molecule has 292 valence electrons. The van der Waals surface area contributed by atoms with Gasteiger partial charge < -0.3 is 19.3 Å². The van der Waals surface area contributed by atoms with Gasteiger partial charge in [0.1, 0.15) is 15.5 Å². The highest BCUT2D eigenvalue weighted by atomic mass is 32.2. The van der Waals surface area contributed by atoms with Crippen molar-refractivity contribution in [3.8, 4) is 11.5 Å². The zero-order valence-electron chi connectivity index (χ0n) is 30.8. The highest BCUT2D eigenvalue weighted by molar-refractivity contribution is 7.91. The van der Waals surface area contributed by atoms with Gasteiger partial charge in [-0.2, -0.15) is 4.39 Å². The molecule has 3 aromatic rings. The summed E-state index contributed by atoms with van der Waals surface area (Å²) in [6, 6.07) is 6.41. The van der Waals surface area contributed by atoms with Crippen molar-refractivity contribution in [1.29, 1.82) is 0 Å². The molecule has 0 bridgehead atoms. The number of fused-ring (bicyclic) bond motifs is 1. The van der Waals surface area contributed by atoms with Crippen molar-refractivity contribution in [2.75, 3.05) is 63.8 Å². The Morgan fingerprint density at radius 2 is 1.43 bits per heavy atom. The number of pyridine rings is 1. The van der Waals surface area contributed by atoms with E-state index < -0.39 is 55.2 Å². The molecule has 2 aromatic carbocycles. The maximum Gasteiger partial charge on any atom is 0.573 e. The minimum Gasteiger partial charge on any atom is -0.488 e. The maximum atomic E-state index is 15.7. The molecule has 6 rings (SSSR count). The van der Waals surface area contributed by atoms with Gasteiger partial charge in [-0.15, -0.1) is 13.2 Å². The lowest BCUT2D eigenvalue weighted by molar-refractivity contribution is -0.274. The Bertz CT molecular complexity index is 1840. The number of aromatic nitrogens is 1. The van der Waals surface area contributed by atoms with Crippen LogP contribution in [0.1, 0.15) is 59.8 Å². The van der Waals surface area contributed by atoms with Crippen LogP contribution in [0.5, 0.6) is 11.5 Å². The van der Waals surface area contributed by atoms with E-state index in [1.807, 2.05) is 18.7 Å². The van der Waals surface area contributed by atoms with E-state index in [4.69, 9.17) is 4.74 Å². The molecule has 1 atom stereocenters. The molecule has 3 aliphatic heterocycles. The van der Waals surface area contributed by atoms with Crippen molar-refractivity contribution < 1.29 is 39.8 Å². The Hall–Kier alpha value is -3.27. The predicted molar refractivity (Wildman–Crippen MR) is 193 cm³/mol. The van der Waals surface area contributed by atoms with E-state index in [0.29, 0.717) is 38.4 Å². The molecule has 0 aliphatic carbocycles. The van der Waals surface area contributed by atoms with Gasteiger partial charge in [0.25, 0.3) is 0 Å². The molecular formula is C38H50F5N5O4S. The number of sulfone groups is 1. The van der Waals surface area contributed by atoms with Gasteiger partial charge in [-0.1, -0.05) is 20.8 Å². The zero-order valence-corrected chi connectivity index (χ0v) is 31.7. The normalized spacial score (nSPS) is 20.0. The number of halogens is 5. The smallest absolute Gasteiger partial charge is 0.488 e. The molecule has 0 radical (unpaired) electrons. The number of nitrogens with zero attached hydrogens (tertiary/aromatic N) is 5. The maximum absolute atomic E-state index is 15.7. The second-order valence-electron chi connectivity index (χ2n) is 14.9. The third-order valence-corrected chi connectivity index (χ3v) is 12.7. The third kappa shape index (κ3) is 9.00. The van der Waals surface area contributed by atoms with Crippen molar-refractivity contribution in [1.82, 2.24) is 19.7 Å². The van der Waals surface area contributed by atoms with Crippen molar-refractivity contribution >= 4 is 26.4 Å². The van der Waals surface area contributed by atoms with Gasteiger partial charge in [0, 0.05) is 62.9 Å². The summed E-state index contributed by atoms with van der Waals surface area (Å²) in [7, 11) is -4.79. The standard InChI is InChI=1S/C38H50F5N5O4S/c1-5-45-14-10-27(11-15-45)46-18-20-47(21-19-46)28-12-16-48(17-13-28)37-30-23-29(52-38(41,42)43)6-7-31(30)44-24-34(37)53(49,50)33-9-8-32(35(39)36(33)40)51-26(4)22-25(2)3/h6-9,23-28H,5,10-22H2,1-4H3. The Morgan fingerprint density at radius 3 is 2.00 bits per heavy atom. The number of piperazine rings is 1. The lowest BCUT2D eigenvalue weighted by Gasteiger charge is -2.46. The van der Waals surface area contributed by atoms with Crippen LogP contribution in [0, 0.1) is 17.6 Å². The summed E-state index contributed by atoms with van der Waals surface area (Å²) >= 11 is 0. The number of hydrogen-bond donors (Lipinski definition) is 0. The topological polar surface area (TPSA) is 78.5 Å². The van der Waals surface area contributed by atoms with E-state index in [2.05, 4.69) is 31.3 Å². The Balaban J connectivity index is 1.26. The predicted octanol–water partition coefficient (Wildman–Crippen LogP) is 7.13. The molecule has 0 amide bonds.